The average molecular weight is 211 g/mol. The number of amides is 1. The lowest BCUT2D eigenvalue weighted by molar-refractivity contribution is -0.123. The van der Waals surface area contributed by atoms with E-state index in [0.29, 0.717) is 13.1 Å². The van der Waals surface area contributed by atoms with E-state index in [-0.39, 0.29) is 11.8 Å². The number of aromatic nitrogens is 3. The van der Waals surface area contributed by atoms with Gasteiger partial charge in [-0.05, 0) is 5.92 Å². The van der Waals surface area contributed by atoms with E-state index in [1.54, 1.807) is 17.1 Å². The van der Waals surface area contributed by atoms with Crippen LogP contribution in [-0.2, 0) is 11.3 Å². The third-order valence-corrected chi connectivity index (χ3v) is 2.13. The van der Waals surface area contributed by atoms with Crippen LogP contribution in [0.5, 0.6) is 0 Å². The summed E-state index contributed by atoms with van der Waals surface area (Å²) in [6.07, 6.45) is 3.34. The lowest BCUT2D eigenvalue weighted by Crippen LogP contribution is -2.44. The smallest absolute Gasteiger partial charge is 0.237 e. The number of rotatable bonds is 5. The minimum Gasteiger partial charge on any atom is -0.353 e. The second-order valence-corrected chi connectivity index (χ2v) is 3.73. The van der Waals surface area contributed by atoms with Crippen LogP contribution < -0.4 is 11.1 Å². The van der Waals surface area contributed by atoms with Crippen molar-refractivity contribution >= 4 is 5.91 Å². The first-order valence-corrected chi connectivity index (χ1v) is 4.98. The molecule has 0 aliphatic carbocycles. The van der Waals surface area contributed by atoms with Gasteiger partial charge in [0.2, 0.25) is 5.91 Å². The third-order valence-electron chi connectivity index (χ3n) is 2.13. The van der Waals surface area contributed by atoms with Crippen LogP contribution in [0.1, 0.15) is 13.8 Å². The van der Waals surface area contributed by atoms with Crippen LogP contribution >= 0.6 is 0 Å². The molecule has 0 radical (unpaired) electrons. The molecule has 0 aliphatic rings. The molecule has 0 unspecified atom stereocenters. The first-order valence-electron chi connectivity index (χ1n) is 4.98. The molecule has 1 rings (SSSR count). The van der Waals surface area contributed by atoms with Crippen molar-refractivity contribution in [3.05, 3.63) is 12.4 Å². The molecule has 6 heteroatoms. The predicted molar refractivity (Wildman–Crippen MR) is 55.8 cm³/mol. The molecule has 1 aromatic rings. The topological polar surface area (TPSA) is 85.8 Å². The van der Waals surface area contributed by atoms with Gasteiger partial charge in [0, 0.05) is 12.7 Å². The van der Waals surface area contributed by atoms with Crippen LogP contribution in [0, 0.1) is 5.92 Å². The highest BCUT2D eigenvalue weighted by Crippen LogP contribution is 1.97. The highest BCUT2D eigenvalue weighted by atomic mass is 16.2. The fourth-order valence-electron chi connectivity index (χ4n) is 1.07. The van der Waals surface area contributed by atoms with E-state index in [1.807, 2.05) is 13.8 Å². The molecular formula is C9H17N5O. The summed E-state index contributed by atoms with van der Waals surface area (Å²) in [5, 5.41) is 10.2. The van der Waals surface area contributed by atoms with Gasteiger partial charge in [-0.15, -0.1) is 5.10 Å². The molecule has 1 aromatic heterocycles. The Balaban J connectivity index is 2.23. The molecule has 15 heavy (non-hydrogen) atoms. The van der Waals surface area contributed by atoms with Crippen LogP contribution in [0.25, 0.3) is 0 Å². The number of hydrogen-bond acceptors (Lipinski definition) is 4. The van der Waals surface area contributed by atoms with Crippen LogP contribution in [-0.4, -0.2) is 33.5 Å². The van der Waals surface area contributed by atoms with Gasteiger partial charge >= 0.3 is 0 Å². The first-order chi connectivity index (χ1) is 7.11. The van der Waals surface area contributed by atoms with E-state index in [9.17, 15) is 4.79 Å². The monoisotopic (exact) mass is 211 g/mol. The first kappa shape index (κ1) is 11.6. The quantitative estimate of drug-likeness (QED) is 0.679. The molecule has 0 bridgehead atoms. The zero-order valence-corrected chi connectivity index (χ0v) is 9.05. The van der Waals surface area contributed by atoms with Gasteiger partial charge in [0.25, 0.3) is 0 Å². The molecule has 1 amide bonds. The van der Waals surface area contributed by atoms with E-state index in [0.717, 1.165) is 0 Å². The Hall–Kier alpha value is -1.43. The minimum absolute atomic E-state index is 0.120. The molecule has 0 fully saturated rings. The van der Waals surface area contributed by atoms with Crippen molar-refractivity contribution in [2.45, 2.75) is 26.4 Å². The standard InChI is InChI=1S/C9H17N5O/c1-7(2)8(10)9(15)11-3-5-14-6-4-12-13-14/h4,6-8H,3,5,10H2,1-2H3,(H,11,15)/t8-/m1/s1. The molecule has 1 heterocycles. The fraction of sp³-hybridized carbons (Fsp3) is 0.667. The van der Waals surface area contributed by atoms with Crippen LogP contribution in [0.2, 0.25) is 0 Å². The van der Waals surface area contributed by atoms with Crippen molar-refractivity contribution in [3.63, 3.8) is 0 Å². The number of nitrogens with zero attached hydrogens (tertiary/aromatic N) is 3. The molecule has 84 valence electrons. The number of carbonyl (C=O) groups excluding carboxylic acids is 1. The molecule has 0 saturated carbocycles. The van der Waals surface area contributed by atoms with Crippen molar-refractivity contribution in [2.24, 2.45) is 11.7 Å². The van der Waals surface area contributed by atoms with E-state index in [4.69, 9.17) is 5.73 Å². The maximum Gasteiger partial charge on any atom is 0.237 e. The van der Waals surface area contributed by atoms with Gasteiger partial charge < -0.3 is 11.1 Å². The Kier molecular flexibility index (Phi) is 4.23. The molecular weight excluding hydrogens is 194 g/mol. The molecule has 0 aliphatic heterocycles. The Bertz CT molecular complexity index is 295. The maximum atomic E-state index is 11.4. The molecule has 0 spiro atoms. The summed E-state index contributed by atoms with van der Waals surface area (Å²) in [4.78, 5) is 11.4. The number of nitrogens with two attached hydrogens (primary N) is 1. The maximum absolute atomic E-state index is 11.4. The Labute approximate surface area is 88.8 Å². The Morgan fingerprint density at radius 3 is 2.87 bits per heavy atom. The van der Waals surface area contributed by atoms with Crippen molar-refractivity contribution in [1.82, 2.24) is 20.3 Å². The predicted octanol–water partition coefficient (Wildman–Crippen LogP) is -0.622. The number of nitrogens with one attached hydrogen (secondary N) is 1. The van der Waals surface area contributed by atoms with E-state index in [1.165, 1.54) is 0 Å². The molecule has 3 N–H and O–H groups in total. The second kappa shape index (κ2) is 5.45. The number of carbonyl (C=O) groups is 1. The summed E-state index contributed by atoms with van der Waals surface area (Å²) < 4.78 is 1.65. The zero-order chi connectivity index (χ0) is 11.3. The summed E-state index contributed by atoms with van der Waals surface area (Å²) in [7, 11) is 0. The van der Waals surface area contributed by atoms with Crippen molar-refractivity contribution in [3.8, 4) is 0 Å². The SMILES string of the molecule is CC(C)[C@@H](N)C(=O)NCCn1ccnn1. The normalized spacial score (nSPS) is 12.8. The fourth-order valence-corrected chi connectivity index (χ4v) is 1.07. The summed E-state index contributed by atoms with van der Waals surface area (Å²) >= 11 is 0. The van der Waals surface area contributed by atoms with Crippen LogP contribution in [0.3, 0.4) is 0 Å². The largest absolute Gasteiger partial charge is 0.353 e. The summed E-state index contributed by atoms with van der Waals surface area (Å²) in [5.74, 6) is 0.0292. The zero-order valence-electron chi connectivity index (χ0n) is 9.05. The van der Waals surface area contributed by atoms with Gasteiger partial charge in [-0.2, -0.15) is 0 Å². The molecule has 0 aromatic carbocycles. The summed E-state index contributed by atoms with van der Waals surface area (Å²) in [6.45, 7) is 4.96. The van der Waals surface area contributed by atoms with Gasteiger partial charge in [0.1, 0.15) is 0 Å². The van der Waals surface area contributed by atoms with Crippen molar-refractivity contribution in [1.29, 1.82) is 0 Å². The molecule has 6 nitrogen and oxygen atoms in total. The van der Waals surface area contributed by atoms with Gasteiger partial charge in [0.05, 0.1) is 18.8 Å². The number of hydrogen-bond donors (Lipinski definition) is 2. The summed E-state index contributed by atoms with van der Waals surface area (Å²) in [5.41, 5.74) is 5.67. The van der Waals surface area contributed by atoms with Crippen molar-refractivity contribution in [2.75, 3.05) is 6.54 Å². The second-order valence-electron chi connectivity index (χ2n) is 3.73. The molecule has 0 saturated heterocycles. The minimum atomic E-state index is -0.444. The lowest BCUT2D eigenvalue weighted by atomic mass is 10.1. The summed E-state index contributed by atoms with van der Waals surface area (Å²) in [6, 6.07) is -0.444. The van der Waals surface area contributed by atoms with Crippen molar-refractivity contribution < 1.29 is 4.79 Å². The van der Waals surface area contributed by atoms with E-state index >= 15 is 0 Å². The van der Waals surface area contributed by atoms with E-state index in [2.05, 4.69) is 15.6 Å². The van der Waals surface area contributed by atoms with Crippen LogP contribution in [0.15, 0.2) is 12.4 Å². The highest BCUT2D eigenvalue weighted by Gasteiger charge is 2.16. The van der Waals surface area contributed by atoms with E-state index < -0.39 is 6.04 Å². The Morgan fingerprint density at radius 1 is 1.60 bits per heavy atom. The van der Waals surface area contributed by atoms with Crippen LogP contribution in [0.4, 0.5) is 0 Å². The average Bonchev–Trinajstić information content (AvgIpc) is 2.69. The van der Waals surface area contributed by atoms with Gasteiger partial charge in [-0.3, -0.25) is 9.48 Å². The third kappa shape index (κ3) is 3.67. The molecule has 1 atom stereocenters. The Morgan fingerprint density at radius 2 is 2.33 bits per heavy atom. The lowest BCUT2D eigenvalue weighted by Gasteiger charge is -2.14. The highest BCUT2D eigenvalue weighted by molar-refractivity contribution is 5.81. The van der Waals surface area contributed by atoms with Gasteiger partial charge in [0.15, 0.2) is 0 Å². The van der Waals surface area contributed by atoms with Gasteiger partial charge in [-0.1, -0.05) is 19.1 Å². The van der Waals surface area contributed by atoms with Gasteiger partial charge in [-0.25, -0.2) is 0 Å².